The van der Waals surface area contributed by atoms with Crippen LogP contribution in [0.25, 0.3) is 11.5 Å². The first kappa shape index (κ1) is 46.5. The predicted molar refractivity (Wildman–Crippen MR) is 239 cm³/mol. The molecule has 2 N–H and O–H groups in total. The molecule has 62 heavy (non-hydrogen) atoms. The fraction of sp³-hybridized carbons (Fsp3) is 0.760. The number of carbonyl (C=O) groups is 2. The van der Waals surface area contributed by atoms with E-state index >= 15 is 0 Å². The van der Waals surface area contributed by atoms with Gasteiger partial charge in [0.05, 0.1) is 24.1 Å². The summed E-state index contributed by atoms with van der Waals surface area (Å²) in [6.45, 7) is 23.7. The van der Waals surface area contributed by atoms with Gasteiger partial charge in [-0.25, -0.2) is 9.37 Å². The van der Waals surface area contributed by atoms with E-state index in [9.17, 15) is 24.5 Å². The van der Waals surface area contributed by atoms with E-state index in [1.54, 1.807) is 25.5 Å². The number of ether oxygens (including phenoxy) is 2. The molecule has 0 aliphatic heterocycles. The molecule has 4 fully saturated rings. The van der Waals surface area contributed by atoms with Crippen LogP contribution >= 0.6 is 0 Å². The van der Waals surface area contributed by atoms with Crippen molar-refractivity contribution in [3.05, 3.63) is 41.1 Å². The smallest absolute Gasteiger partial charge is 0.309 e. The molecular weight excluding hydrogens is 784 g/mol. The normalized spacial score (nSPS) is 35.8. The van der Waals surface area contributed by atoms with Gasteiger partial charge in [0.25, 0.3) is 0 Å². The van der Waals surface area contributed by atoms with E-state index in [1.165, 1.54) is 17.8 Å². The molecule has 342 valence electrons. The van der Waals surface area contributed by atoms with Crippen molar-refractivity contribution in [3.8, 4) is 11.5 Å². The number of esters is 1. The van der Waals surface area contributed by atoms with Crippen LogP contribution < -0.4 is 0 Å². The molecule has 0 spiro atoms. The molecule has 5 aliphatic rings. The highest BCUT2D eigenvalue weighted by Crippen LogP contribution is 2.81. The van der Waals surface area contributed by atoms with Crippen LogP contribution in [0.15, 0.2) is 29.5 Å². The molecule has 0 radical (unpaired) electrons. The first-order valence-corrected chi connectivity index (χ1v) is 23.3. The largest absolute Gasteiger partial charge is 0.481 e. The second-order valence-corrected chi connectivity index (χ2v) is 22.7. The Labute approximate surface area is 369 Å². The number of hydrogen-bond acceptors (Lipinski definition) is 9. The molecule has 5 aliphatic carbocycles. The minimum atomic E-state index is -1.20. The maximum Gasteiger partial charge on any atom is 0.309 e. The number of rotatable bonds is 13. The third-order valence-electron chi connectivity index (χ3n) is 18.7. The Balaban J connectivity index is 1.28. The summed E-state index contributed by atoms with van der Waals surface area (Å²) >= 11 is 0. The third-order valence-corrected chi connectivity index (χ3v) is 18.7. The second-order valence-electron chi connectivity index (χ2n) is 22.7. The number of hydrogen-bond donors (Lipinski definition) is 2. The van der Waals surface area contributed by atoms with Crippen LogP contribution in [0.1, 0.15) is 145 Å². The van der Waals surface area contributed by atoms with Gasteiger partial charge < -0.3 is 29.5 Å². The van der Waals surface area contributed by atoms with Crippen LogP contribution in [0.5, 0.6) is 0 Å². The van der Waals surface area contributed by atoms with Crippen molar-refractivity contribution in [2.24, 2.45) is 55.7 Å². The van der Waals surface area contributed by atoms with Crippen LogP contribution in [-0.4, -0.2) is 87.9 Å². The van der Waals surface area contributed by atoms with Crippen LogP contribution in [-0.2, 0) is 25.6 Å². The molecule has 2 heterocycles. The van der Waals surface area contributed by atoms with Crippen LogP contribution in [0, 0.1) is 66.9 Å². The summed E-state index contributed by atoms with van der Waals surface area (Å²) < 4.78 is 29.1. The molecule has 0 aromatic carbocycles. The Morgan fingerprint density at radius 3 is 2.32 bits per heavy atom. The Morgan fingerprint density at radius 1 is 1.02 bits per heavy atom. The monoisotopic (exact) mass is 859 g/mol. The van der Waals surface area contributed by atoms with E-state index in [-0.39, 0.29) is 80.6 Å². The van der Waals surface area contributed by atoms with Gasteiger partial charge in [-0.3, -0.25) is 9.59 Å². The van der Waals surface area contributed by atoms with E-state index in [0.717, 1.165) is 63.7 Å². The van der Waals surface area contributed by atoms with Crippen molar-refractivity contribution in [1.82, 2.24) is 24.6 Å². The minimum absolute atomic E-state index is 0.00940. The quantitative estimate of drug-likeness (QED) is 0.114. The van der Waals surface area contributed by atoms with Crippen molar-refractivity contribution in [2.75, 3.05) is 27.7 Å². The number of pyridine rings is 1. The number of aromatic nitrogens is 4. The number of carboxylic acids is 1. The number of fused-ring (bicyclic) bond motifs is 7. The number of carboxylic acid groups (broad SMARTS) is 1. The van der Waals surface area contributed by atoms with Gasteiger partial charge >= 0.3 is 11.9 Å². The Kier molecular flexibility index (Phi) is 11.9. The van der Waals surface area contributed by atoms with Crippen molar-refractivity contribution in [3.63, 3.8) is 0 Å². The van der Waals surface area contributed by atoms with E-state index < -0.39 is 17.4 Å². The van der Waals surface area contributed by atoms with Crippen molar-refractivity contribution < 1.29 is 28.6 Å². The number of likely N-dealkylation sites (N-methyl/N-ethyl adjacent to an activating group) is 1. The summed E-state index contributed by atoms with van der Waals surface area (Å²) in [5.74, 6) is 0.537. The van der Waals surface area contributed by atoms with Gasteiger partial charge in [0, 0.05) is 48.6 Å². The maximum atomic E-state index is 14.1. The molecule has 11 nitrogen and oxygen atoms in total. The second kappa shape index (κ2) is 15.9. The molecule has 3 unspecified atom stereocenters. The van der Waals surface area contributed by atoms with Crippen molar-refractivity contribution in [2.45, 2.75) is 158 Å². The maximum absolute atomic E-state index is 14.1. The lowest BCUT2D eigenvalue weighted by atomic mass is 9.27. The van der Waals surface area contributed by atoms with Crippen LogP contribution in [0.2, 0.25) is 0 Å². The minimum Gasteiger partial charge on any atom is -0.481 e. The van der Waals surface area contributed by atoms with E-state index in [4.69, 9.17) is 19.7 Å². The first-order chi connectivity index (χ1) is 28.9. The molecular formula is C50H75FN6O5. The van der Waals surface area contributed by atoms with Gasteiger partial charge in [0.1, 0.15) is 23.4 Å². The highest BCUT2D eigenvalue weighted by molar-refractivity contribution is 5.81. The molecule has 0 saturated heterocycles. The van der Waals surface area contributed by atoms with E-state index in [2.05, 4.69) is 83.9 Å². The summed E-state index contributed by atoms with van der Waals surface area (Å²) in [7, 11) is 6.00. The Morgan fingerprint density at radius 2 is 1.73 bits per heavy atom. The van der Waals surface area contributed by atoms with Gasteiger partial charge in [-0.1, -0.05) is 61.0 Å². The Bertz CT molecular complexity index is 2100. The van der Waals surface area contributed by atoms with Gasteiger partial charge in [-0.05, 0) is 137 Å². The lowest BCUT2D eigenvalue weighted by molar-refractivity contribution is -0.256. The van der Waals surface area contributed by atoms with Gasteiger partial charge in [0.2, 0.25) is 0 Å². The first-order valence-electron chi connectivity index (χ1n) is 23.3. The van der Waals surface area contributed by atoms with E-state index in [1.807, 2.05) is 13.3 Å². The number of nitrogens with zero attached hydrogens (tertiary/aromatic N) is 5. The highest BCUT2D eigenvalue weighted by Gasteiger charge is 2.76. The number of allylic oxidation sites excluding steroid dienone is 1. The topological polar surface area (TPSA) is 144 Å². The summed E-state index contributed by atoms with van der Waals surface area (Å²) in [4.78, 5) is 31.8. The number of nitrogens with one attached hydrogen (secondary N) is 1. The average molecular weight is 859 g/mol. The van der Waals surface area contributed by atoms with Gasteiger partial charge in [-0.2, -0.15) is 0 Å². The van der Waals surface area contributed by atoms with Crippen LogP contribution in [0.4, 0.5) is 4.39 Å². The number of halogens is 1. The molecule has 2 aromatic rings. The van der Waals surface area contributed by atoms with Gasteiger partial charge in [-0.15, -0.1) is 10.2 Å². The predicted octanol–water partition coefficient (Wildman–Crippen LogP) is 10.0. The molecule has 2 aromatic heterocycles. The van der Waals surface area contributed by atoms with Crippen LogP contribution in [0.3, 0.4) is 0 Å². The highest BCUT2D eigenvalue weighted by atomic mass is 19.1. The SMILES string of the molecule is CO[C@H]1CC2([C@@H](C)c3nnc(-c4ccc(F)cn4)n3CCN(C)C)CC[C@]3(C)[C@H](CCC4(C=N)[C@@]5(C)CC[C@H](OC(=O)CC(C)(C)C(=O)O)C(C)(C)C5CC[C@]43C)C2=C1C(C)C. The lowest BCUT2D eigenvalue weighted by Crippen LogP contribution is -2.72. The van der Waals surface area contributed by atoms with Gasteiger partial charge in [0.15, 0.2) is 5.82 Å². The summed E-state index contributed by atoms with van der Waals surface area (Å²) in [6.07, 6.45) is 10.8. The van der Waals surface area contributed by atoms with Crippen molar-refractivity contribution in [1.29, 1.82) is 5.41 Å². The zero-order chi connectivity index (χ0) is 45.6. The Hall–Kier alpha value is -3.51. The number of aliphatic carboxylic acids is 1. The number of methoxy groups -OCH3 is 1. The van der Waals surface area contributed by atoms with Crippen molar-refractivity contribution >= 4 is 18.2 Å². The number of carbonyl (C=O) groups excluding carboxylic acids is 1. The summed E-state index contributed by atoms with van der Waals surface area (Å²) in [6, 6.07) is 3.13. The molecule has 10 atom stereocenters. The summed E-state index contributed by atoms with van der Waals surface area (Å²) in [5, 5.41) is 29.1. The lowest BCUT2D eigenvalue weighted by Gasteiger charge is -2.76. The molecule has 0 amide bonds. The zero-order valence-electron chi connectivity index (χ0n) is 40.0. The molecule has 12 heteroatoms. The molecule has 7 rings (SSSR count). The third kappa shape index (κ3) is 6.67. The van der Waals surface area contributed by atoms with E-state index in [0.29, 0.717) is 24.5 Å². The molecule has 0 bridgehead atoms. The standard InChI is InChI=1S/C50H75FN6O5/c1-30(2)39-35(61-13)26-49(31(3)41-54-55-42(57(41)25-24-56(11)12)34-15-14-32(51)28-53-34)23-22-46(8)33(40(39)49)16-21-50(29-52)47(9)19-18-37(62-38(58)27-44(4,5)43(59)60)45(6,7)36(47)17-20-48(46,50)10/h14-15,28-31,33,35-37,52H,16-27H2,1-13H3,(H,59,60)/t31-,33+,35-,36?,37-,46+,47-,48-,49?,50?/m0/s1. The average Bonchev–Trinajstić information content (AvgIpc) is 3.78. The summed E-state index contributed by atoms with van der Waals surface area (Å²) in [5.41, 5.74) is 0.934. The molecule has 4 saturated carbocycles. The fourth-order valence-electron chi connectivity index (χ4n) is 15.0. The fourth-order valence-corrected chi connectivity index (χ4v) is 15.0. The zero-order valence-corrected chi connectivity index (χ0v) is 40.0.